The van der Waals surface area contributed by atoms with Crippen molar-refractivity contribution in [3.05, 3.63) is 23.9 Å². The van der Waals surface area contributed by atoms with Gasteiger partial charge in [-0.25, -0.2) is 15.6 Å². The van der Waals surface area contributed by atoms with Gasteiger partial charge < -0.3 is 10.2 Å². The molecular weight excluding hydrogens is 244 g/mol. The van der Waals surface area contributed by atoms with Crippen molar-refractivity contribution >= 4 is 5.97 Å². The minimum Gasteiger partial charge on any atom is -0.464 e. The Morgan fingerprint density at radius 2 is 2.05 bits per heavy atom. The van der Waals surface area contributed by atoms with E-state index in [4.69, 9.17) is 4.74 Å². The van der Waals surface area contributed by atoms with Crippen molar-refractivity contribution in [1.29, 1.82) is 0 Å². The van der Waals surface area contributed by atoms with Gasteiger partial charge in [0.15, 0.2) is 5.54 Å². The highest BCUT2D eigenvalue weighted by Gasteiger charge is 2.37. The summed E-state index contributed by atoms with van der Waals surface area (Å²) >= 11 is 0. The summed E-state index contributed by atoms with van der Waals surface area (Å²) in [5, 5.41) is 0. The Morgan fingerprint density at radius 1 is 1.32 bits per heavy atom. The van der Waals surface area contributed by atoms with Crippen LogP contribution in [0, 0.1) is 0 Å². The first-order valence-electron chi connectivity index (χ1n) is 6.74. The van der Waals surface area contributed by atoms with Gasteiger partial charge in [-0.3, -0.25) is 5.43 Å². The van der Waals surface area contributed by atoms with Gasteiger partial charge in [0.2, 0.25) is 0 Å². The third-order valence-electron chi connectivity index (χ3n) is 2.73. The lowest BCUT2D eigenvalue weighted by atomic mass is 9.91. The van der Waals surface area contributed by atoms with Gasteiger partial charge in [-0.1, -0.05) is 19.9 Å². The second kappa shape index (κ2) is 7.93. The Bertz CT molecular complexity index is 355. The van der Waals surface area contributed by atoms with Crippen LogP contribution in [0.25, 0.3) is 0 Å². The Morgan fingerprint density at radius 3 is 2.58 bits per heavy atom. The maximum atomic E-state index is 12.1. The Balaban J connectivity index is 2.72. The highest BCUT2D eigenvalue weighted by Crippen LogP contribution is 2.21. The molecule has 0 aromatic carbocycles. The van der Waals surface area contributed by atoms with Crippen LogP contribution in [0.4, 0.5) is 0 Å². The molecule has 1 rings (SSSR count). The lowest BCUT2D eigenvalue weighted by molar-refractivity contribution is -0.149. The van der Waals surface area contributed by atoms with Crippen molar-refractivity contribution in [2.45, 2.75) is 32.7 Å². The minimum atomic E-state index is -0.830. The number of nitrogens with one attached hydrogen (secondary N) is 4. The van der Waals surface area contributed by atoms with Crippen LogP contribution in [-0.2, 0) is 9.53 Å². The summed E-state index contributed by atoms with van der Waals surface area (Å²) in [4.78, 5) is 12.1. The van der Waals surface area contributed by atoms with E-state index in [1.54, 1.807) is 6.92 Å². The van der Waals surface area contributed by atoms with E-state index in [2.05, 4.69) is 21.7 Å². The van der Waals surface area contributed by atoms with E-state index in [-0.39, 0.29) is 5.97 Å². The van der Waals surface area contributed by atoms with E-state index in [1.807, 2.05) is 32.1 Å². The van der Waals surface area contributed by atoms with Gasteiger partial charge in [-0.15, -0.1) is 0 Å². The van der Waals surface area contributed by atoms with Crippen LogP contribution in [0.15, 0.2) is 23.9 Å². The molecule has 0 amide bonds. The molecule has 0 aromatic rings. The number of ether oxygens (including phenoxy) is 1. The predicted molar refractivity (Wildman–Crippen MR) is 74.8 cm³/mol. The number of hydrazine groups is 2. The van der Waals surface area contributed by atoms with Crippen molar-refractivity contribution in [3.8, 4) is 0 Å². The van der Waals surface area contributed by atoms with E-state index >= 15 is 0 Å². The number of allylic oxidation sites excluding steroid dienone is 1. The summed E-state index contributed by atoms with van der Waals surface area (Å²) in [7, 11) is 0. The molecule has 108 valence electrons. The van der Waals surface area contributed by atoms with Gasteiger partial charge in [-0.05, 0) is 19.1 Å². The van der Waals surface area contributed by atoms with Gasteiger partial charge in [0.1, 0.15) is 0 Å². The molecule has 1 unspecified atom stereocenters. The topological polar surface area (TPSA) is 74.4 Å². The zero-order valence-corrected chi connectivity index (χ0v) is 11.9. The zero-order valence-electron chi connectivity index (χ0n) is 11.9. The monoisotopic (exact) mass is 268 g/mol. The summed E-state index contributed by atoms with van der Waals surface area (Å²) in [6.07, 6.45) is 6.19. The molecule has 4 N–H and O–H groups in total. The average Bonchev–Trinajstić information content (AvgIpc) is 2.44. The fraction of sp³-hybridized carbons (Fsp3) is 0.615. The Kier molecular flexibility index (Phi) is 6.55. The number of carbonyl (C=O) groups excluding carboxylic acids is 1. The summed E-state index contributed by atoms with van der Waals surface area (Å²) in [6, 6.07) is 0. The van der Waals surface area contributed by atoms with Crippen LogP contribution in [0.2, 0.25) is 0 Å². The van der Waals surface area contributed by atoms with Crippen LogP contribution in [-0.4, -0.2) is 31.2 Å². The van der Waals surface area contributed by atoms with E-state index in [9.17, 15) is 4.79 Å². The van der Waals surface area contributed by atoms with Gasteiger partial charge in [0.05, 0.1) is 6.61 Å². The second-order valence-corrected chi connectivity index (χ2v) is 4.20. The predicted octanol–water partition coefficient (Wildman–Crippen LogP) is 0.360. The molecule has 0 bridgehead atoms. The van der Waals surface area contributed by atoms with Crippen LogP contribution in [0.1, 0.15) is 27.2 Å². The standard InChI is InChI=1S/C13H24N4O2/c1-4-14-16-11-7-9-13(10-8-11,17-15-5-2)12(18)19-6-3/h7-9,14-17H,4-6,10H2,1-3H3. The first-order chi connectivity index (χ1) is 9.18. The van der Waals surface area contributed by atoms with Gasteiger partial charge in [-0.2, -0.15) is 0 Å². The molecule has 1 aliphatic rings. The number of esters is 1. The van der Waals surface area contributed by atoms with Crippen molar-refractivity contribution < 1.29 is 9.53 Å². The van der Waals surface area contributed by atoms with E-state index in [1.165, 1.54) is 0 Å². The SMILES string of the molecule is CCNNC1=CCC(NNCC)(C(=O)OCC)C=C1. The summed E-state index contributed by atoms with van der Waals surface area (Å²) in [5.41, 5.74) is 12.2. The van der Waals surface area contributed by atoms with Crippen molar-refractivity contribution in [1.82, 2.24) is 21.7 Å². The normalized spacial score (nSPS) is 21.9. The largest absolute Gasteiger partial charge is 0.464 e. The fourth-order valence-corrected chi connectivity index (χ4v) is 1.72. The van der Waals surface area contributed by atoms with E-state index in [0.717, 1.165) is 18.8 Å². The Hall–Kier alpha value is -1.37. The van der Waals surface area contributed by atoms with Crippen LogP contribution < -0.4 is 21.7 Å². The quantitative estimate of drug-likeness (QED) is 0.376. The summed E-state index contributed by atoms with van der Waals surface area (Å²) in [5.74, 6) is -0.272. The number of hydrogen-bond acceptors (Lipinski definition) is 6. The molecule has 0 aromatic heterocycles. The van der Waals surface area contributed by atoms with Gasteiger partial charge in [0, 0.05) is 25.2 Å². The van der Waals surface area contributed by atoms with E-state index < -0.39 is 5.54 Å². The minimum absolute atomic E-state index is 0.272. The van der Waals surface area contributed by atoms with Crippen LogP contribution in [0.3, 0.4) is 0 Å². The molecule has 19 heavy (non-hydrogen) atoms. The zero-order chi connectivity index (χ0) is 14.1. The molecule has 0 saturated carbocycles. The molecule has 0 aliphatic heterocycles. The molecule has 0 radical (unpaired) electrons. The average molecular weight is 268 g/mol. The highest BCUT2D eigenvalue weighted by molar-refractivity contribution is 5.84. The number of rotatable bonds is 8. The van der Waals surface area contributed by atoms with Crippen molar-refractivity contribution in [2.24, 2.45) is 0 Å². The first-order valence-corrected chi connectivity index (χ1v) is 6.74. The number of hydrogen-bond donors (Lipinski definition) is 4. The lowest BCUT2D eigenvalue weighted by Crippen LogP contribution is -2.57. The molecule has 0 saturated heterocycles. The third kappa shape index (κ3) is 4.34. The second-order valence-electron chi connectivity index (χ2n) is 4.20. The van der Waals surface area contributed by atoms with Gasteiger partial charge >= 0.3 is 5.97 Å². The van der Waals surface area contributed by atoms with E-state index in [0.29, 0.717) is 13.0 Å². The summed E-state index contributed by atoms with van der Waals surface area (Å²) < 4.78 is 5.14. The summed E-state index contributed by atoms with van der Waals surface area (Å²) in [6.45, 7) is 7.70. The molecule has 0 fully saturated rings. The lowest BCUT2D eigenvalue weighted by Gasteiger charge is -2.31. The molecule has 6 heteroatoms. The van der Waals surface area contributed by atoms with Gasteiger partial charge in [0.25, 0.3) is 0 Å². The Labute approximate surface area is 114 Å². The van der Waals surface area contributed by atoms with Crippen LogP contribution in [0.5, 0.6) is 0 Å². The number of carbonyl (C=O) groups is 1. The molecule has 1 atom stereocenters. The van der Waals surface area contributed by atoms with Crippen molar-refractivity contribution in [2.75, 3.05) is 19.7 Å². The van der Waals surface area contributed by atoms with Crippen LogP contribution >= 0.6 is 0 Å². The maximum Gasteiger partial charge on any atom is 0.331 e. The molecule has 0 heterocycles. The van der Waals surface area contributed by atoms with Crippen molar-refractivity contribution in [3.63, 3.8) is 0 Å². The third-order valence-corrected chi connectivity index (χ3v) is 2.73. The molecule has 0 spiro atoms. The molecule has 1 aliphatic carbocycles. The smallest absolute Gasteiger partial charge is 0.331 e. The fourth-order valence-electron chi connectivity index (χ4n) is 1.72. The molecular formula is C13H24N4O2. The maximum absolute atomic E-state index is 12.1. The first kappa shape index (κ1) is 15.7. The molecule has 6 nitrogen and oxygen atoms in total. The highest BCUT2D eigenvalue weighted by atomic mass is 16.5.